The van der Waals surface area contributed by atoms with E-state index >= 15 is 0 Å². The fourth-order valence-electron chi connectivity index (χ4n) is 1.78. The van der Waals surface area contributed by atoms with Gasteiger partial charge in [-0.1, -0.05) is 37.3 Å². The maximum Gasteiger partial charge on any atom is 0.144 e. The van der Waals surface area contributed by atoms with E-state index in [4.69, 9.17) is 5.26 Å². The van der Waals surface area contributed by atoms with Crippen molar-refractivity contribution in [3.8, 4) is 6.07 Å². The van der Waals surface area contributed by atoms with Gasteiger partial charge in [0.2, 0.25) is 0 Å². The summed E-state index contributed by atoms with van der Waals surface area (Å²) in [4.78, 5) is 8.45. The summed E-state index contributed by atoms with van der Waals surface area (Å²) in [5.74, 6) is 0.812. The zero-order valence-electron chi connectivity index (χ0n) is 9.88. The summed E-state index contributed by atoms with van der Waals surface area (Å²) in [6.45, 7) is 3.89. The Kier molecular flexibility index (Phi) is 3.15. The van der Waals surface area contributed by atoms with Crippen molar-refractivity contribution >= 4 is 0 Å². The first-order valence-corrected chi connectivity index (χ1v) is 5.51. The molecule has 0 aliphatic rings. The quantitative estimate of drug-likeness (QED) is 0.786. The van der Waals surface area contributed by atoms with E-state index in [1.54, 1.807) is 6.07 Å². The van der Waals surface area contributed by atoms with E-state index in [9.17, 15) is 0 Å². The second kappa shape index (κ2) is 4.75. The number of rotatable bonds is 2. The van der Waals surface area contributed by atoms with E-state index in [-0.39, 0.29) is 5.92 Å². The van der Waals surface area contributed by atoms with Crippen LogP contribution in [-0.2, 0) is 0 Å². The Balaban J connectivity index is 2.41. The monoisotopic (exact) mass is 223 g/mol. The molecule has 1 heterocycles. The molecule has 0 bridgehead atoms. The minimum Gasteiger partial charge on any atom is -0.238 e. The third-order valence-electron chi connectivity index (χ3n) is 2.72. The Bertz CT molecular complexity index is 555. The van der Waals surface area contributed by atoms with Gasteiger partial charge in [0, 0.05) is 5.92 Å². The summed E-state index contributed by atoms with van der Waals surface area (Å²) in [6, 6.07) is 13.9. The molecule has 0 amide bonds. The van der Waals surface area contributed by atoms with Gasteiger partial charge in [0.1, 0.15) is 17.6 Å². The number of benzene rings is 1. The number of nitrogens with zero attached hydrogens (tertiary/aromatic N) is 3. The van der Waals surface area contributed by atoms with Crippen molar-refractivity contribution < 1.29 is 0 Å². The summed E-state index contributed by atoms with van der Waals surface area (Å²) >= 11 is 0. The smallest absolute Gasteiger partial charge is 0.144 e. The van der Waals surface area contributed by atoms with Crippen LogP contribution in [0.25, 0.3) is 0 Å². The molecule has 1 unspecified atom stereocenters. The summed E-state index contributed by atoms with van der Waals surface area (Å²) in [5.41, 5.74) is 2.50. The molecule has 2 rings (SSSR count). The lowest BCUT2D eigenvalue weighted by Crippen LogP contribution is -2.03. The van der Waals surface area contributed by atoms with E-state index in [0.717, 1.165) is 5.69 Å². The molecule has 0 spiro atoms. The zero-order chi connectivity index (χ0) is 12.3. The minimum absolute atomic E-state index is 0.171. The first-order valence-electron chi connectivity index (χ1n) is 5.51. The summed E-state index contributed by atoms with van der Waals surface area (Å²) in [6.07, 6.45) is 0. The van der Waals surface area contributed by atoms with Gasteiger partial charge in [0.05, 0.1) is 5.69 Å². The Morgan fingerprint density at radius 2 is 1.88 bits per heavy atom. The van der Waals surface area contributed by atoms with Gasteiger partial charge in [-0.3, -0.25) is 0 Å². The van der Waals surface area contributed by atoms with E-state index in [2.05, 4.69) is 35.1 Å². The largest absolute Gasteiger partial charge is 0.238 e. The number of nitriles is 1. The van der Waals surface area contributed by atoms with E-state index in [1.165, 1.54) is 5.56 Å². The lowest BCUT2D eigenvalue weighted by Gasteiger charge is -2.11. The third-order valence-corrected chi connectivity index (χ3v) is 2.72. The van der Waals surface area contributed by atoms with Crippen LogP contribution < -0.4 is 0 Å². The van der Waals surface area contributed by atoms with E-state index < -0.39 is 0 Å². The zero-order valence-corrected chi connectivity index (χ0v) is 9.88. The Hall–Kier alpha value is -2.21. The highest BCUT2D eigenvalue weighted by Crippen LogP contribution is 2.22. The molecule has 84 valence electrons. The van der Waals surface area contributed by atoms with Gasteiger partial charge in [0.25, 0.3) is 0 Å². The van der Waals surface area contributed by atoms with Gasteiger partial charge in [-0.25, -0.2) is 9.97 Å². The molecule has 3 nitrogen and oxygen atoms in total. The van der Waals surface area contributed by atoms with Gasteiger partial charge in [-0.15, -0.1) is 0 Å². The van der Waals surface area contributed by atoms with Crippen LogP contribution in [0, 0.1) is 18.3 Å². The number of hydrogen-bond acceptors (Lipinski definition) is 3. The molecule has 0 aliphatic carbocycles. The van der Waals surface area contributed by atoms with Crippen LogP contribution in [0.5, 0.6) is 0 Å². The van der Waals surface area contributed by atoms with Crippen molar-refractivity contribution in [1.29, 1.82) is 5.26 Å². The van der Waals surface area contributed by atoms with Crippen LogP contribution in [0.15, 0.2) is 36.4 Å². The first kappa shape index (κ1) is 11.3. The van der Waals surface area contributed by atoms with Crippen molar-refractivity contribution in [1.82, 2.24) is 9.97 Å². The molecule has 0 saturated carbocycles. The summed E-state index contributed by atoms with van der Waals surface area (Å²) < 4.78 is 0. The predicted octanol–water partition coefficient (Wildman–Crippen LogP) is 2.81. The molecule has 0 fully saturated rings. The van der Waals surface area contributed by atoms with Crippen LogP contribution in [-0.4, -0.2) is 9.97 Å². The highest BCUT2D eigenvalue weighted by atomic mass is 14.9. The molecule has 3 heteroatoms. The van der Waals surface area contributed by atoms with Crippen molar-refractivity contribution in [3.05, 3.63) is 59.2 Å². The van der Waals surface area contributed by atoms with E-state index in [1.807, 2.05) is 25.1 Å². The normalized spacial score (nSPS) is 11.8. The molecule has 2 aromatic rings. The predicted molar refractivity (Wildman–Crippen MR) is 65.4 cm³/mol. The highest BCUT2D eigenvalue weighted by molar-refractivity contribution is 5.31. The topological polar surface area (TPSA) is 49.6 Å². The molecule has 0 N–H and O–H groups in total. The van der Waals surface area contributed by atoms with Gasteiger partial charge in [-0.05, 0) is 18.6 Å². The SMILES string of the molecule is Cc1nc(C#N)cc(C(C)c2ccccc2)n1. The summed E-state index contributed by atoms with van der Waals surface area (Å²) in [5, 5.41) is 8.90. The second-order valence-electron chi connectivity index (χ2n) is 3.97. The van der Waals surface area contributed by atoms with Crippen molar-refractivity contribution in [2.45, 2.75) is 19.8 Å². The number of hydrogen-bond donors (Lipinski definition) is 0. The van der Waals surface area contributed by atoms with Gasteiger partial charge >= 0.3 is 0 Å². The van der Waals surface area contributed by atoms with Gasteiger partial charge < -0.3 is 0 Å². The molecular formula is C14H13N3. The van der Waals surface area contributed by atoms with E-state index in [0.29, 0.717) is 11.5 Å². The number of aromatic nitrogens is 2. The average Bonchev–Trinajstić information content (AvgIpc) is 2.38. The molecular weight excluding hydrogens is 210 g/mol. The standard InChI is InChI=1S/C14H13N3/c1-10(12-6-4-3-5-7-12)14-8-13(9-15)16-11(2)17-14/h3-8,10H,1-2H3. The fourth-order valence-corrected chi connectivity index (χ4v) is 1.78. The van der Waals surface area contributed by atoms with Crippen LogP contribution in [0.4, 0.5) is 0 Å². The van der Waals surface area contributed by atoms with Crippen LogP contribution >= 0.6 is 0 Å². The van der Waals surface area contributed by atoms with Crippen molar-refractivity contribution in [2.24, 2.45) is 0 Å². The molecule has 0 saturated heterocycles. The van der Waals surface area contributed by atoms with Crippen LogP contribution in [0.1, 0.15) is 35.6 Å². The third kappa shape index (κ3) is 2.48. The molecule has 1 aromatic carbocycles. The Morgan fingerprint density at radius 1 is 1.18 bits per heavy atom. The molecule has 17 heavy (non-hydrogen) atoms. The minimum atomic E-state index is 0.171. The molecule has 1 aromatic heterocycles. The Morgan fingerprint density at radius 3 is 2.53 bits per heavy atom. The van der Waals surface area contributed by atoms with Crippen molar-refractivity contribution in [2.75, 3.05) is 0 Å². The number of aryl methyl sites for hydroxylation is 1. The van der Waals surface area contributed by atoms with Gasteiger partial charge in [-0.2, -0.15) is 5.26 Å². The van der Waals surface area contributed by atoms with Crippen LogP contribution in [0.2, 0.25) is 0 Å². The van der Waals surface area contributed by atoms with Crippen LogP contribution in [0.3, 0.4) is 0 Å². The van der Waals surface area contributed by atoms with Crippen molar-refractivity contribution in [3.63, 3.8) is 0 Å². The summed E-state index contributed by atoms with van der Waals surface area (Å²) in [7, 11) is 0. The maximum absolute atomic E-state index is 8.90. The lowest BCUT2D eigenvalue weighted by atomic mass is 9.97. The molecule has 0 radical (unpaired) electrons. The van der Waals surface area contributed by atoms with Gasteiger partial charge in [0.15, 0.2) is 0 Å². The fraction of sp³-hybridized carbons (Fsp3) is 0.214. The average molecular weight is 223 g/mol. The lowest BCUT2D eigenvalue weighted by molar-refractivity contribution is 0.839. The Labute approximate surface area is 101 Å². The highest BCUT2D eigenvalue weighted by Gasteiger charge is 2.11. The first-order chi connectivity index (χ1) is 8.20. The molecule has 1 atom stereocenters. The molecule has 0 aliphatic heterocycles. The maximum atomic E-state index is 8.90. The second-order valence-corrected chi connectivity index (χ2v) is 3.97.